The maximum absolute atomic E-state index is 12.2. The van der Waals surface area contributed by atoms with E-state index in [0.717, 1.165) is 10.4 Å². The van der Waals surface area contributed by atoms with Gasteiger partial charge in [0.2, 0.25) is 17.6 Å². The van der Waals surface area contributed by atoms with Crippen LogP contribution in [0.15, 0.2) is 46.3 Å². The first kappa shape index (κ1) is 17.3. The first-order chi connectivity index (χ1) is 11.9. The molecule has 0 aliphatic rings. The van der Waals surface area contributed by atoms with Crippen molar-refractivity contribution in [1.82, 2.24) is 10.1 Å². The molecule has 1 N–H and O–H groups in total. The number of sulfone groups is 1. The summed E-state index contributed by atoms with van der Waals surface area (Å²) in [6, 6.07) is 10.7. The van der Waals surface area contributed by atoms with Gasteiger partial charge in [-0.3, -0.25) is 4.79 Å². The van der Waals surface area contributed by atoms with Gasteiger partial charge in [-0.25, -0.2) is 8.42 Å². The van der Waals surface area contributed by atoms with Crippen molar-refractivity contribution >= 4 is 32.8 Å². The summed E-state index contributed by atoms with van der Waals surface area (Å²) in [5.74, 6) is -1.44. The first-order valence-corrected chi connectivity index (χ1v) is 10.0. The fraction of sp³-hybridized carbons (Fsp3) is 0.188. The van der Waals surface area contributed by atoms with Crippen molar-refractivity contribution in [2.45, 2.75) is 12.7 Å². The maximum Gasteiger partial charge on any atom is 0.242 e. The summed E-state index contributed by atoms with van der Waals surface area (Å²) in [6.07, 6.45) is 0. The number of carbonyl (C=O) groups excluding carboxylic acids is 1. The number of nitrogens with zero attached hydrogens (tertiary/aromatic N) is 2. The van der Waals surface area contributed by atoms with Crippen molar-refractivity contribution in [2.75, 3.05) is 11.1 Å². The molecule has 1 aromatic carbocycles. The summed E-state index contributed by atoms with van der Waals surface area (Å²) in [5.41, 5.74) is 1.59. The highest BCUT2D eigenvalue weighted by molar-refractivity contribution is 7.91. The van der Waals surface area contributed by atoms with Crippen LogP contribution in [0.2, 0.25) is 0 Å². The zero-order chi connectivity index (χ0) is 17.9. The minimum atomic E-state index is -3.72. The average molecular weight is 377 g/mol. The molecule has 3 aromatic rings. The Hall–Kier alpha value is -2.52. The van der Waals surface area contributed by atoms with Crippen molar-refractivity contribution in [3.05, 3.63) is 53.2 Å². The second kappa shape index (κ2) is 7.16. The number of hydrogen-bond acceptors (Lipinski definition) is 7. The number of hydrogen-bond donors (Lipinski definition) is 1. The Balaban J connectivity index is 1.62. The molecule has 7 nitrogen and oxygen atoms in total. The van der Waals surface area contributed by atoms with Crippen LogP contribution in [0.3, 0.4) is 0 Å². The second-order valence-corrected chi connectivity index (χ2v) is 8.45. The lowest BCUT2D eigenvalue weighted by atomic mass is 10.2. The highest BCUT2D eigenvalue weighted by Crippen LogP contribution is 2.21. The molecule has 0 radical (unpaired) electrons. The third-order valence-electron chi connectivity index (χ3n) is 3.24. The number of amides is 1. The highest BCUT2D eigenvalue weighted by atomic mass is 32.2. The van der Waals surface area contributed by atoms with E-state index in [4.69, 9.17) is 4.52 Å². The van der Waals surface area contributed by atoms with Crippen molar-refractivity contribution in [3.63, 3.8) is 0 Å². The van der Waals surface area contributed by atoms with Crippen molar-refractivity contribution < 1.29 is 17.7 Å². The van der Waals surface area contributed by atoms with Crippen molar-refractivity contribution in [3.8, 4) is 10.7 Å². The van der Waals surface area contributed by atoms with E-state index in [2.05, 4.69) is 15.5 Å². The summed E-state index contributed by atoms with van der Waals surface area (Å²) < 4.78 is 29.3. The molecule has 2 aromatic heterocycles. The van der Waals surface area contributed by atoms with E-state index in [-0.39, 0.29) is 5.89 Å². The molecule has 0 aliphatic heterocycles. The van der Waals surface area contributed by atoms with Gasteiger partial charge in [-0.1, -0.05) is 28.9 Å². The van der Waals surface area contributed by atoms with Gasteiger partial charge in [-0.05, 0) is 30.5 Å². The van der Waals surface area contributed by atoms with Gasteiger partial charge in [0, 0.05) is 5.69 Å². The number of benzene rings is 1. The first-order valence-electron chi connectivity index (χ1n) is 7.35. The van der Waals surface area contributed by atoms with Crippen molar-refractivity contribution in [1.29, 1.82) is 0 Å². The van der Waals surface area contributed by atoms with E-state index in [1.807, 2.05) is 36.6 Å². The molecule has 0 spiro atoms. The molecule has 0 fully saturated rings. The Morgan fingerprint density at radius 2 is 2.00 bits per heavy atom. The number of thiophene rings is 1. The minimum absolute atomic E-state index is 0.0356. The summed E-state index contributed by atoms with van der Waals surface area (Å²) in [5, 5.41) is 8.17. The summed E-state index contributed by atoms with van der Waals surface area (Å²) in [4.78, 5) is 16.8. The predicted molar refractivity (Wildman–Crippen MR) is 94.9 cm³/mol. The Kier molecular flexibility index (Phi) is 4.95. The van der Waals surface area contributed by atoms with Crippen LogP contribution in [0.4, 0.5) is 5.69 Å². The Labute approximate surface area is 148 Å². The van der Waals surface area contributed by atoms with Crippen LogP contribution in [-0.4, -0.2) is 30.2 Å². The van der Waals surface area contributed by atoms with E-state index < -0.39 is 27.3 Å². The zero-order valence-electron chi connectivity index (χ0n) is 13.3. The van der Waals surface area contributed by atoms with E-state index in [0.29, 0.717) is 11.5 Å². The van der Waals surface area contributed by atoms with Gasteiger partial charge in [-0.15, -0.1) is 11.3 Å². The molecule has 9 heteroatoms. The largest absolute Gasteiger partial charge is 0.338 e. The molecule has 0 unspecified atom stereocenters. The van der Waals surface area contributed by atoms with E-state index in [1.165, 1.54) is 11.3 Å². The molecule has 25 heavy (non-hydrogen) atoms. The summed E-state index contributed by atoms with van der Waals surface area (Å²) in [6.45, 7) is 1.92. The van der Waals surface area contributed by atoms with Gasteiger partial charge >= 0.3 is 0 Å². The van der Waals surface area contributed by atoms with Crippen LogP contribution in [0, 0.1) is 6.92 Å². The molecule has 130 valence electrons. The molecule has 0 atom stereocenters. The van der Waals surface area contributed by atoms with Gasteiger partial charge in [0.05, 0.1) is 4.88 Å². The SMILES string of the molecule is Cc1ccc(NC(=O)CS(=O)(=O)Cc2nc(-c3cccs3)no2)cc1. The summed E-state index contributed by atoms with van der Waals surface area (Å²) >= 11 is 1.42. The molecule has 0 bridgehead atoms. The number of aromatic nitrogens is 2. The van der Waals surface area contributed by atoms with E-state index in [1.54, 1.807) is 12.1 Å². The van der Waals surface area contributed by atoms with Crippen LogP contribution in [0.1, 0.15) is 11.5 Å². The lowest BCUT2D eigenvalue weighted by Gasteiger charge is -2.05. The zero-order valence-corrected chi connectivity index (χ0v) is 14.9. The van der Waals surface area contributed by atoms with Gasteiger partial charge in [0.25, 0.3) is 0 Å². The molecular formula is C16H15N3O4S2. The molecule has 1 amide bonds. The van der Waals surface area contributed by atoms with E-state index in [9.17, 15) is 13.2 Å². The highest BCUT2D eigenvalue weighted by Gasteiger charge is 2.21. The van der Waals surface area contributed by atoms with Crippen LogP contribution < -0.4 is 5.32 Å². The molecule has 0 aliphatic carbocycles. The molecule has 2 heterocycles. The Morgan fingerprint density at radius 3 is 2.68 bits per heavy atom. The van der Waals surface area contributed by atoms with Crippen LogP contribution in [0.25, 0.3) is 10.7 Å². The third-order valence-corrected chi connectivity index (χ3v) is 5.49. The minimum Gasteiger partial charge on any atom is -0.338 e. The molecular weight excluding hydrogens is 362 g/mol. The Morgan fingerprint density at radius 1 is 1.24 bits per heavy atom. The van der Waals surface area contributed by atoms with Crippen molar-refractivity contribution in [2.24, 2.45) is 0 Å². The molecule has 0 saturated carbocycles. The number of nitrogens with one attached hydrogen (secondary N) is 1. The fourth-order valence-electron chi connectivity index (χ4n) is 2.09. The van der Waals surface area contributed by atoms with Crippen LogP contribution in [0.5, 0.6) is 0 Å². The normalized spacial score (nSPS) is 11.4. The third kappa shape index (κ3) is 4.74. The molecule has 0 saturated heterocycles. The monoisotopic (exact) mass is 377 g/mol. The lowest BCUT2D eigenvalue weighted by Crippen LogP contribution is -2.24. The number of rotatable bonds is 6. The fourth-order valence-corrected chi connectivity index (χ4v) is 3.81. The van der Waals surface area contributed by atoms with Gasteiger partial charge in [-0.2, -0.15) is 4.98 Å². The number of anilines is 1. The second-order valence-electron chi connectivity index (χ2n) is 5.44. The summed E-state index contributed by atoms with van der Waals surface area (Å²) in [7, 11) is -3.72. The maximum atomic E-state index is 12.2. The standard InChI is InChI=1S/C16H15N3O4S2/c1-11-4-6-12(7-5-11)17-14(20)9-25(21,22)10-15-18-16(19-23-15)13-3-2-8-24-13/h2-8H,9-10H2,1H3,(H,17,20). The predicted octanol–water partition coefficient (Wildman–Crippen LogP) is 2.66. The lowest BCUT2D eigenvalue weighted by molar-refractivity contribution is -0.113. The van der Waals surface area contributed by atoms with E-state index >= 15 is 0 Å². The number of aryl methyl sites for hydroxylation is 1. The molecule has 3 rings (SSSR count). The van der Waals surface area contributed by atoms with Crippen LogP contribution in [-0.2, 0) is 20.4 Å². The van der Waals surface area contributed by atoms with Gasteiger partial charge in [0.15, 0.2) is 9.84 Å². The number of carbonyl (C=O) groups is 1. The van der Waals surface area contributed by atoms with Gasteiger partial charge in [0.1, 0.15) is 11.5 Å². The average Bonchev–Trinajstić information content (AvgIpc) is 3.19. The smallest absolute Gasteiger partial charge is 0.242 e. The quantitative estimate of drug-likeness (QED) is 0.708. The topological polar surface area (TPSA) is 102 Å². The Bertz CT molecular complexity index is 961. The van der Waals surface area contributed by atoms with Crippen LogP contribution >= 0.6 is 11.3 Å². The van der Waals surface area contributed by atoms with Gasteiger partial charge < -0.3 is 9.84 Å².